The molecule has 0 saturated heterocycles. The Morgan fingerprint density at radius 2 is 1.78 bits per heavy atom. The van der Waals surface area contributed by atoms with Crippen LogP contribution >= 0.6 is 11.3 Å². The first-order chi connectivity index (χ1) is 22.3. The SMILES string of the molecule is CCOC(=O)C1=C(c2ccccc2)N=c2s/c(=C\c3ccc(-c4ccc(OC)cc4[N+](=O)[O-])o3)c(=O)n2C1c1cccc(OC)c1. The van der Waals surface area contributed by atoms with Gasteiger partial charge in [0, 0.05) is 11.6 Å². The molecule has 1 atom stereocenters. The number of fused-ring (bicyclic) bond motifs is 1. The third kappa shape index (κ3) is 5.61. The Morgan fingerprint density at radius 3 is 2.50 bits per heavy atom. The van der Waals surface area contributed by atoms with Crippen LogP contribution < -0.4 is 24.4 Å². The summed E-state index contributed by atoms with van der Waals surface area (Å²) in [6, 6.07) is 23.2. The summed E-state index contributed by atoms with van der Waals surface area (Å²) in [5.41, 5.74) is 1.60. The van der Waals surface area contributed by atoms with E-state index < -0.39 is 22.5 Å². The molecular weight excluding hydrogens is 610 g/mol. The van der Waals surface area contributed by atoms with Crippen LogP contribution in [0.15, 0.2) is 105 Å². The second-order valence-electron chi connectivity index (χ2n) is 10.1. The average molecular weight is 638 g/mol. The van der Waals surface area contributed by atoms with Crippen molar-refractivity contribution in [2.75, 3.05) is 20.8 Å². The molecule has 0 saturated carbocycles. The summed E-state index contributed by atoms with van der Waals surface area (Å²) in [5, 5.41) is 11.8. The predicted molar refractivity (Wildman–Crippen MR) is 171 cm³/mol. The molecular formula is C34H27N3O8S. The number of furan rings is 1. The summed E-state index contributed by atoms with van der Waals surface area (Å²) in [6.45, 7) is 1.85. The van der Waals surface area contributed by atoms with E-state index in [0.29, 0.717) is 38.9 Å². The summed E-state index contributed by atoms with van der Waals surface area (Å²) in [7, 11) is 2.97. The molecule has 3 heterocycles. The number of nitro groups is 1. The third-order valence-electron chi connectivity index (χ3n) is 7.35. The Balaban J connectivity index is 1.55. The molecule has 1 unspecified atom stereocenters. The van der Waals surface area contributed by atoms with E-state index in [0.717, 1.165) is 11.3 Å². The van der Waals surface area contributed by atoms with Crippen LogP contribution in [0.4, 0.5) is 5.69 Å². The van der Waals surface area contributed by atoms with Gasteiger partial charge in [0.05, 0.1) is 59.2 Å². The van der Waals surface area contributed by atoms with Gasteiger partial charge in [-0.05, 0) is 48.9 Å². The molecule has 0 bridgehead atoms. The molecule has 0 fully saturated rings. The van der Waals surface area contributed by atoms with Crippen LogP contribution in [-0.4, -0.2) is 36.3 Å². The molecule has 12 heteroatoms. The second-order valence-corrected chi connectivity index (χ2v) is 11.1. The van der Waals surface area contributed by atoms with Gasteiger partial charge in [-0.1, -0.05) is 53.8 Å². The number of aromatic nitrogens is 1. The van der Waals surface area contributed by atoms with Crippen LogP contribution in [0.3, 0.4) is 0 Å². The van der Waals surface area contributed by atoms with Crippen molar-refractivity contribution < 1.29 is 28.3 Å². The van der Waals surface area contributed by atoms with Gasteiger partial charge in [-0.25, -0.2) is 9.79 Å². The maximum Gasteiger partial charge on any atom is 0.338 e. The van der Waals surface area contributed by atoms with Gasteiger partial charge >= 0.3 is 5.97 Å². The molecule has 6 rings (SSSR count). The highest BCUT2D eigenvalue weighted by Gasteiger charge is 2.35. The lowest BCUT2D eigenvalue weighted by Gasteiger charge is -2.26. The van der Waals surface area contributed by atoms with Gasteiger partial charge in [-0.15, -0.1) is 0 Å². The minimum absolute atomic E-state index is 0.132. The zero-order chi connectivity index (χ0) is 32.4. The van der Waals surface area contributed by atoms with Crippen molar-refractivity contribution in [1.29, 1.82) is 0 Å². The fraction of sp³-hybridized carbons (Fsp3) is 0.147. The van der Waals surface area contributed by atoms with Crippen molar-refractivity contribution in [3.05, 3.63) is 137 Å². The van der Waals surface area contributed by atoms with E-state index >= 15 is 0 Å². The van der Waals surface area contributed by atoms with Crippen molar-refractivity contribution >= 4 is 34.8 Å². The van der Waals surface area contributed by atoms with Crippen LogP contribution in [0.5, 0.6) is 11.5 Å². The topological polar surface area (TPSA) is 135 Å². The fourth-order valence-electron chi connectivity index (χ4n) is 5.27. The molecule has 0 amide bonds. The quantitative estimate of drug-likeness (QED) is 0.123. The van der Waals surface area contributed by atoms with Crippen molar-refractivity contribution in [2.45, 2.75) is 13.0 Å². The Hall–Kier alpha value is -5.75. The van der Waals surface area contributed by atoms with Gasteiger partial charge < -0.3 is 18.6 Å². The number of thiazole rings is 1. The number of carbonyl (C=O) groups is 1. The van der Waals surface area contributed by atoms with Gasteiger partial charge in [0.25, 0.3) is 11.2 Å². The maximum atomic E-state index is 14.1. The van der Waals surface area contributed by atoms with Crippen molar-refractivity contribution in [3.8, 4) is 22.8 Å². The summed E-state index contributed by atoms with van der Waals surface area (Å²) < 4.78 is 23.8. The largest absolute Gasteiger partial charge is 0.497 e. The molecule has 11 nitrogen and oxygen atoms in total. The second kappa shape index (κ2) is 12.7. The van der Waals surface area contributed by atoms with Crippen LogP contribution in [0.1, 0.15) is 29.9 Å². The fourth-order valence-corrected chi connectivity index (χ4v) is 6.25. The monoisotopic (exact) mass is 637 g/mol. The third-order valence-corrected chi connectivity index (χ3v) is 8.33. The number of hydrogen-bond acceptors (Lipinski definition) is 10. The van der Waals surface area contributed by atoms with E-state index in [1.54, 1.807) is 62.6 Å². The minimum Gasteiger partial charge on any atom is -0.497 e. The summed E-state index contributed by atoms with van der Waals surface area (Å²) in [4.78, 5) is 44.2. The average Bonchev–Trinajstić information content (AvgIpc) is 3.67. The lowest BCUT2D eigenvalue weighted by molar-refractivity contribution is -0.384. The standard InChI is InChI=1S/C34H27N3O8S/c1-4-44-33(39)29-30(20-9-6-5-7-10-20)35-34-36(31(29)21-11-8-12-22(17-21)42-2)32(38)28(46-34)19-24-14-16-27(45-24)25-15-13-23(43-3)18-26(25)37(40)41/h5-19,31H,4H2,1-3H3/b28-19-. The highest BCUT2D eigenvalue weighted by molar-refractivity contribution is 7.07. The zero-order valence-corrected chi connectivity index (χ0v) is 25.8. The number of methoxy groups -OCH3 is 2. The van der Waals surface area contributed by atoms with E-state index in [4.69, 9.17) is 23.6 Å². The summed E-state index contributed by atoms with van der Waals surface area (Å²) in [5.74, 6) is 0.849. The Labute approximate surface area is 266 Å². The van der Waals surface area contributed by atoms with Gasteiger partial charge in [-0.2, -0.15) is 0 Å². The molecule has 0 spiro atoms. The van der Waals surface area contributed by atoms with Gasteiger partial charge in [-0.3, -0.25) is 19.5 Å². The van der Waals surface area contributed by atoms with E-state index in [1.165, 1.54) is 17.7 Å². The number of hydrogen-bond donors (Lipinski definition) is 0. The lowest BCUT2D eigenvalue weighted by atomic mass is 9.93. The van der Waals surface area contributed by atoms with Crippen molar-refractivity contribution in [1.82, 2.24) is 4.57 Å². The molecule has 5 aromatic rings. The first kappa shape index (κ1) is 30.3. The number of ether oxygens (including phenoxy) is 3. The zero-order valence-electron chi connectivity index (χ0n) is 25.0. The number of esters is 1. The van der Waals surface area contributed by atoms with Gasteiger partial charge in [0.2, 0.25) is 0 Å². The highest BCUT2D eigenvalue weighted by atomic mass is 32.1. The van der Waals surface area contributed by atoms with Gasteiger partial charge in [0.15, 0.2) is 4.80 Å². The van der Waals surface area contributed by atoms with Crippen LogP contribution in [0, 0.1) is 10.1 Å². The van der Waals surface area contributed by atoms with Crippen molar-refractivity contribution in [3.63, 3.8) is 0 Å². The Kier molecular flexibility index (Phi) is 8.36. The lowest BCUT2D eigenvalue weighted by Crippen LogP contribution is -2.40. The highest BCUT2D eigenvalue weighted by Crippen LogP contribution is 2.37. The Morgan fingerprint density at radius 1 is 1.02 bits per heavy atom. The number of nitrogens with zero attached hydrogens (tertiary/aromatic N) is 3. The predicted octanol–water partition coefficient (Wildman–Crippen LogP) is 5.12. The van der Waals surface area contributed by atoms with E-state index in [-0.39, 0.29) is 33.7 Å². The first-order valence-electron chi connectivity index (χ1n) is 14.2. The van der Waals surface area contributed by atoms with E-state index in [2.05, 4.69) is 0 Å². The first-order valence-corrected chi connectivity index (χ1v) is 15.0. The van der Waals surface area contributed by atoms with E-state index in [9.17, 15) is 19.7 Å². The summed E-state index contributed by atoms with van der Waals surface area (Å²) >= 11 is 1.13. The molecule has 1 aliphatic heterocycles. The number of nitro benzene ring substituents is 1. The van der Waals surface area contributed by atoms with E-state index in [1.807, 2.05) is 36.4 Å². The molecule has 0 aliphatic carbocycles. The van der Waals surface area contributed by atoms with Crippen LogP contribution in [-0.2, 0) is 9.53 Å². The maximum absolute atomic E-state index is 14.1. The number of carbonyl (C=O) groups excluding carboxylic acids is 1. The molecule has 1 aliphatic rings. The molecule has 0 radical (unpaired) electrons. The van der Waals surface area contributed by atoms with Crippen molar-refractivity contribution in [2.24, 2.45) is 4.99 Å². The molecule has 232 valence electrons. The Bertz CT molecular complexity index is 2180. The van der Waals surface area contributed by atoms with Crippen LogP contribution in [0.25, 0.3) is 23.1 Å². The number of benzene rings is 3. The van der Waals surface area contributed by atoms with Gasteiger partial charge in [0.1, 0.15) is 23.0 Å². The smallest absolute Gasteiger partial charge is 0.338 e. The summed E-state index contributed by atoms with van der Waals surface area (Å²) in [6.07, 6.45) is 1.56. The number of rotatable bonds is 9. The molecule has 46 heavy (non-hydrogen) atoms. The molecule has 3 aromatic carbocycles. The van der Waals surface area contributed by atoms with Crippen LogP contribution in [0.2, 0.25) is 0 Å². The molecule has 0 N–H and O–H groups in total. The molecule has 2 aromatic heterocycles. The normalized spacial score (nSPS) is 14.4. The minimum atomic E-state index is -0.878.